The smallest absolute Gasteiger partial charge is 0.267 e. The van der Waals surface area contributed by atoms with E-state index in [0.29, 0.717) is 5.56 Å². The third kappa shape index (κ3) is 2.30. The van der Waals surface area contributed by atoms with E-state index in [1.165, 1.54) is 23.5 Å². The molecule has 0 fully saturated rings. The highest BCUT2D eigenvalue weighted by atomic mass is 32.2. The van der Waals surface area contributed by atoms with E-state index in [1.807, 2.05) is 13.1 Å². The number of nitrogens with zero attached hydrogens (tertiary/aromatic N) is 2. The van der Waals surface area contributed by atoms with Gasteiger partial charge in [0.05, 0.1) is 10.5 Å². The zero-order valence-corrected chi connectivity index (χ0v) is 16.0. The second kappa shape index (κ2) is 4.89. The fourth-order valence-electron chi connectivity index (χ4n) is 2.15. The first kappa shape index (κ1) is 17.1. The Morgan fingerprint density at radius 2 is 1.82 bits per heavy atom. The maximum absolute atomic E-state index is 14.0. The summed E-state index contributed by atoms with van der Waals surface area (Å²) in [5, 5.41) is -0.120. The van der Waals surface area contributed by atoms with E-state index in [9.17, 15) is 13.4 Å². The highest BCUT2D eigenvalue weighted by Gasteiger charge is 2.44. The zero-order chi connectivity index (χ0) is 17.1. The van der Waals surface area contributed by atoms with Gasteiger partial charge >= 0.3 is 0 Å². The molecule has 0 N–H and O–H groups in total. The van der Waals surface area contributed by atoms with Crippen LogP contribution in [-0.4, -0.2) is 29.7 Å². The predicted molar refractivity (Wildman–Crippen MR) is 89.3 cm³/mol. The van der Waals surface area contributed by atoms with Crippen molar-refractivity contribution < 1.29 is 13.4 Å². The summed E-state index contributed by atoms with van der Waals surface area (Å²) in [5.74, 6) is -0.814. The standard InChI is InChI=1S/C15H23FN2O2SSi/c1-10-12(16)9-8-11-13(10)21(20,18(5)14(11)19)17-22(6,7)15(2,3)4/h8-9H,1-7H3. The monoisotopic (exact) mass is 342 g/mol. The molecule has 22 heavy (non-hydrogen) atoms. The lowest BCUT2D eigenvalue weighted by molar-refractivity contribution is 0.0893. The summed E-state index contributed by atoms with van der Waals surface area (Å²) < 4.78 is 33.4. The van der Waals surface area contributed by atoms with Gasteiger partial charge in [-0.25, -0.2) is 8.60 Å². The SMILES string of the molecule is Cc1c(F)ccc2c1S(=O)(=N[Si](C)(C)C(C)(C)C)N(C)C2=O. The Kier molecular flexibility index (Phi) is 3.81. The van der Waals surface area contributed by atoms with Crippen molar-refractivity contribution in [1.29, 1.82) is 0 Å². The predicted octanol–water partition coefficient (Wildman–Crippen LogP) is 3.97. The lowest BCUT2D eigenvalue weighted by atomic mass is 10.1. The summed E-state index contributed by atoms with van der Waals surface area (Å²) in [6.45, 7) is 11.8. The lowest BCUT2D eigenvalue weighted by Crippen LogP contribution is -2.38. The van der Waals surface area contributed by atoms with E-state index >= 15 is 0 Å². The molecule has 2 rings (SSSR count). The van der Waals surface area contributed by atoms with E-state index in [4.69, 9.17) is 4.03 Å². The minimum atomic E-state index is -3.10. The van der Waals surface area contributed by atoms with Crippen molar-refractivity contribution in [2.24, 2.45) is 4.03 Å². The fraction of sp³-hybridized carbons (Fsp3) is 0.533. The molecule has 1 amide bonds. The molecule has 0 saturated carbocycles. The molecule has 0 radical (unpaired) electrons. The molecule has 0 spiro atoms. The van der Waals surface area contributed by atoms with Gasteiger partial charge in [-0.05, 0) is 37.2 Å². The molecular formula is C15H23FN2O2SSi. The van der Waals surface area contributed by atoms with Crippen molar-refractivity contribution in [2.45, 2.75) is 50.7 Å². The van der Waals surface area contributed by atoms with Crippen LogP contribution in [0.25, 0.3) is 0 Å². The van der Waals surface area contributed by atoms with Crippen LogP contribution in [0.5, 0.6) is 0 Å². The molecular weight excluding hydrogens is 319 g/mol. The molecule has 122 valence electrons. The maximum atomic E-state index is 14.0. The van der Waals surface area contributed by atoms with Gasteiger partial charge in [-0.2, -0.15) is 0 Å². The average Bonchev–Trinajstić information content (AvgIpc) is 2.54. The molecule has 1 aliphatic heterocycles. The number of rotatable bonds is 1. The van der Waals surface area contributed by atoms with Gasteiger partial charge in [-0.1, -0.05) is 20.8 Å². The molecule has 1 aliphatic rings. The van der Waals surface area contributed by atoms with Crippen LogP contribution in [0.1, 0.15) is 36.7 Å². The van der Waals surface area contributed by atoms with Crippen molar-refractivity contribution >= 4 is 24.1 Å². The number of hydrogen-bond donors (Lipinski definition) is 0. The first-order chi connectivity index (χ1) is 9.83. The second-order valence-electron chi connectivity index (χ2n) is 7.25. The summed E-state index contributed by atoms with van der Waals surface area (Å²) in [6.07, 6.45) is 0. The Hall–Kier alpha value is -1.21. The Labute approximate surface area is 133 Å². The largest absolute Gasteiger partial charge is 0.268 e. The van der Waals surface area contributed by atoms with Crippen LogP contribution in [0.15, 0.2) is 21.1 Å². The Bertz CT molecular complexity index is 774. The number of fused-ring (bicyclic) bond motifs is 1. The van der Waals surface area contributed by atoms with Crippen LogP contribution in [0.3, 0.4) is 0 Å². The third-order valence-electron chi connectivity index (χ3n) is 4.68. The van der Waals surface area contributed by atoms with E-state index in [2.05, 4.69) is 20.8 Å². The van der Waals surface area contributed by atoms with E-state index < -0.39 is 24.0 Å². The van der Waals surface area contributed by atoms with Gasteiger partial charge in [0, 0.05) is 12.6 Å². The summed E-state index contributed by atoms with van der Waals surface area (Å²) in [6, 6.07) is 2.65. The summed E-state index contributed by atoms with van der Waals surface area (Å²) >= 11 is 0. The molecule has 0 aliphatic carbocycles. The maximum Gasteiger partial charge on any atom is 0.267 e. The lowest BCUT2D eigenvalue weighted by Gasteiger charge is -2.33. The van der Waals surface area contributed by atoms with Crippen LogP contribution < -0.4 is 0 Å². The van der Waals surface area contributed by atoms with Crippen LogP contribution in [-0.2, 0) is 9.92 Å². The number of hydrogen-bond acceptors (Lipinski definition) is 3. The molecule has 1 aromatic rings. The first-order valence-corrected chi connectivity index (χ1v) is 11.6. The minimum Gasteiger partial charge on any atom is -0.268 e. The first-order valence-electron chi connectivity index (χ1n) is 7.18. The van der Waals surface area contributed by atoms with Crippen molar-refractivity contribution in [3.05, 3.63) is 29.1 Å². The van der Waals surface area contributed by atoms with Crippen LogP contribution in [0.4, 0.5) is 4.39 Å². The quantitative estimate of drug-likeness (QED) is 0.725. The Balaban J connectivity index is 2.86. The van der Waals surface area contributed by atoms with Gasteiger partial charge in [0.1, 0.15) is 5.82 Å². The van der Waals surface area contributed by atoms with Gasteiger partial charge in [-0.15, -0.1) is 0 Å². The summed E-state index contributed by atoms with van der Waals surface area (Å²) in [7, 11) is -3.91. The minimum absolute atomic E-state index is 0.120. The number of halogens is 1. The average molecular weight is 343 g/mol. The topological polar surface area (TPSA) is 49.7 Å². The zero-order valence-electron chi connectivity index (χ0n) is 14.2. The van der Waals surface area contributed by atoms with E-state index in [1.54, 1.807) is 6.92 Å². The molecule has 0 bridgehead atoms. The normalized spacial score (nSPS) is 22.0. The molecule has 7 heteroatoms. The van der Waals surface area contributed by atoms with Crippen LogP contribution in [0, 0.1) is 12.7 Å². The number of carbonyl (C=O) groups is 1. The molecule has 1 atom stereocenters. The van der Waals surface area contributed by atoms with Crippen molar-refractivity contribution in [3.8, 4) is 0 Å². The van der Waals surface area contributed by atoms with E-state index in [-0.39, 0.29) is 21.4 Å². The van der Waals surface area contributed by atoms with Crippen molar-refractivity contribution in [3.63, 3.8) is 0 Å². The number of carbonyl (C=O) groups excluding carboxylic acids is 1. The van der Waals surface area contributed by atoms with Gasteiger partial charge in [-0.3, -0.25) is 13.1 Å². The van der Waals surface area contributed by atoms with Crippen molar-refractivity contribution in [2.75, 3.05) is 7.05 Å². The number of amides is 1. The van der Waals surface area contributed by atoms with Gasteiger partial charge < -0.3 is 0 Å². The molecule has 4 nitrogen and oxygen atoms in total. The third-order valence-corrected chi connectivity index (χ3v) is 13.1. The molecule has 0 saturated heterocycles. The fourth-order valence-corrected chi connectivity index (χ4v) is 8.11. The van der Waals surface area contributed by atoms with E-state index in [0.717, 1.165) is 0 Å². The molecule has 1 aromatic carbocycles. The van der Waals surface area contributed by atoms with Crippen LogP contribution in [0.2, 0.25) is 18.1 Å². The second-order valence-corrected chi connectivity index (χ2v) is 14.5. The van der Waals surface area contributed by atoms with Crippen molar-refractivity contribution in [1.82, 2.24) is 4.31 Å². The Morgan fingerprint density at radius 3 is 2.32 bits per heavy atom. The highest BCUT2D eigenvalue weighted by Crippen LogP contribution is 2.41. The highest BCUT2D eigenvalue weighted by molar-refractivity contribution is 7.93. The molecule has 1 heterocycles. The van der Waals surface area contributed by atoms with Crippen LogP contribution >= 0.6 is 0 Å². The summed E-state index contributed by atoms with van der Waals surface area (Å²) in [5.41, 5.74) is 0.552. The number of benzene rings is 1. The summed E-state index contributed by atoms with van der Waals surface area (Å²) in [4.78, 5) is 12.6. The molecule has 1 unspecified atom stereocenters. The molecule has 0 aromatic heterocycles. The Morgan fingerprint density at radius 1 is 1.27 bits per heavy atom. The van der Waals surface area contributed by atoms with Gasteiger partial charge in [0.15, 0.2) is 18.2 Å². The van der Waals surface area contributed by atoms with Gasteiger partial charge in [0.25, 0.3) is 5.91 Å². The van der Waals surface area contributed by atoms with Gasteiger partial charge in [0.2, 0.25) is 0 Å².